The molecule has 0 unspecified atom stereocenters. The molecule has 0 bridgehead atoms. The van der Waals surface area contributed by atoms with Crippen molar-refractivity contribution in [2.45, 2.75) is 5.41 Å². The Balaban J connectivity index is 1.04. The molecule has 0 saturated heterocycles. The summed E-state index contributed by atoms with van der Waals surface area (Å²) in [5, 5.41) is 2.26. The number of hydrogen-bond acceptors (Lipinski definition) is 3. The Kier molecular flexibility index (Phi) is 7.39. The highest BCUT2D eigenvalue weighted by atomic mass is 16.3. The van der Waals surface area contributed by atoms with Crippen molar-refractivity contribution < 1.29 is 4.42 Å². The highest BCUT2D eigenvalue weighted by Gasteiger charge is 2.45. The summed E-state index contributed by atoms with van der Waals surface area (Å²) in [4.78, 5) is 10.4. The van der Waals surface area contributed by atoms with Crippen LogP contribution >= 0.6 is 0 Å². The molecule has 1 aliphatic carbocycles. The summed E-state index contributed by atoms with van der Waals surface area (Å²) < 4.78 is 6.21. The van der Waals surface area contributed by atoms with Gasteiger partial charge in [-0.15, -0.1) is 0 Å². The smallest absolute Gasteiger partial charge is 0.160 e. The monoisotopic (exact) mass is 714 g/mol. The molecule has 0 saturated carbocycles. The zero-order valence-electron chi connectivity index (χ0n) is 30.4. The van der Waals surface area contributed by atoms with E-state index in [-0.39, 0.29) is 0 Å². The molecule has 0 spiro atoms. The van der Waals surface area contributed by atoms with Crippen LogP contribution in [0.3, 0.4) is 0 Å². The molecule has 0 N–H and O–H groups in total. The zero-order valence-corrected chi connectivity index (χ0v) is 30.4. The van der Waals surface area contributed by atoms with Gasteiger partial charge in [0.15, 0.2) is 5.82 Å². The highest BCUT2D eigenvalue weighted by Crippen LogP contribution is 2.56. The first-order chi connectivity index (χ1) is 27.7. The van der Waals surface area contributed by atoms with E-state index in [1.54, 1.807) is 0 Å². The van der Waals surface area contributed by atoms with Crippen molar-refractivity contribution in [2.24, 2.45) is 0 Å². The van der Waals surface area contributed by atoms with Crippen molar-refractivity contribution in [2.75, 3.05) is 0 Å². The first kappa shape index (κ1) is 32.1. The van der Waals surface area contributed by atoms with E-state index >= 15 is 0 Å². The van der Waals surface area contributed by atoms with E-state index < -0.39 is 5.41 Å². The van der Waals surface area contributed by atoms with Crippen LogP contribution in [0.1, 0.15) is 22.3 Å². The fourth-order valence-corrected chi connectivity index (χ4v) is 8.82. The van der Waals surface area contributed by atoms with Crippen LogP contribution < -0.4 is 0 Å². The lowest BCUT2D eigenvalue weighted by Gasteiger charge is -2.34. The standard InChI is InChI=1S/C53H34N2O/c1-3-14-37(15-4-1)52-54-48(36-28-26-35(27-29-36)38-30-31-45-44-22-9-12-25-50(44)56-51(45)33-38)34-49(55-52)39-16-13-19-41(32-39)53(40-17-5-2-6-18-40)46-23-10-7-20-42(46)43-21-8-11-24-47(43)53/h1-34H. The molecule has 0 fully saturated rings. The first-order valence-electron chi connectivity index (χ1n) is 19.1. The molecule has 3 nitrogen and oxygen atoms in total. The Morgan fingerprint density at radius 2 is 0.893 bits per heavy atom. The van der Waals surface area contributed by atoms with Crippen molar-refractivity contribution in [3.8, 4) is 56.2 Å². The van der Waals surface area contributed by atoms with Gasteiger partial charge in [0.25, 0.3) is 0 Å². The van der Waals surface area contributed by atoms with E-state index in [0.717, 1.165) is 61.1 Å². The maximum atomic E-state index is 6.21. The summed E-state index contributed by atoms with van der Waals surface area (Å²) in [7, 11) is 0. The van der Waals surface area contributed by atoms with Crippen LogP contribution in [0.2, 0.25) is 0 Å². The van der Waals surface area contributed by atoms with Gasteiger partial charge in [-0.2, -0.15) is 0 Å². The third-order valence-electron chi connectivity index (χ3n) is 11.4. The van der Waals surface area contributed by atoms with Crippen molar-refractivity contribution in [3.63, 3.8) is 0 Å². The van der Waals surface area contributed by atoms with Crippen molar-refractivity contribution in [1.29, 1.82) is 0 Å². The van der Waals surface area contributed by atoms with Gasteiger partial charge in [0, 0.05) is 27.5 Å². The largest absolute Gasteiger partial charge is 0.456 e. The number of benzene rings is 8. The Morgan fingerprint density at radius 1 is 0.339 bits per heavy atom. The molecule has 3 heteroatoms. The van der Waals surface area contributed by atoms with Crippen LogP contribution in [0, 0.1) is 0 Å². The van der Waals surface area contributed by atoms with Gasteiger partial charge in [-0.25, -0.2) is 9.97 Å². The summed E-state index contributed by atoms with van der Waals surface area (Å²) in [6.07, 6.45) is 0. The van der Waals surface area contributed by atoms with Crippen LogP contribution in [0.4, 0.5) is 0 Å². The number of rotatable bonds is 6. The molecule has 10 aromatic rings. The van der Waals surface area contributed by atoms with E-state index in [4.69, 9.17) is 14.4 Å². The fraction of sp³-hybridized carbons (Fsp3) is 0.0189. The quantitative estimate of drug-likeness (QED) is 0.172. The zero-order chi connectivity index (χ0) is 37.1. The molecule has 56 heavy (non-hydrogen) atoms. The molecular weight excluding hydrogens is 681 g/mol. The molecule has 262 valence electrons. The average molecular weight is 715 g/mol. The Hall–Kier alpha value is -7.36. The minimum Gasteiger partial charge on any atom is -0.456 e. The summed E-state index contributed by atoms with van der Waals surface area (Å²) in [5.41, 5.74) is 15.9. The van der Waals surface area contributed by atoms with Gasteiger partial charge in [0.1, 0.15) is 11.2 Å². The number of nitrogens with zero attached hydrogens (tertiary/aromatic N) is 2. The van der Waals surface area contributed by atoms with Gasteiger partial charge in [0.2, 0.25) is 0 Å². The molecule has 2 heterocycles. The van der Waals surface area contributed by atoms with Crippen molar-refractivity contribution in [1.82, 2.24) is 9.97 Å². The Morgan fingerprint density at radius 3 is 1.64 bits per heavy atom. The van der Waals surface area contributed by atoms with Gasteiger partial charge in [-0.1, -0.05) is 176 Å². The average Bonchev–Trinajstić information content (AvgIpc) is 3.80. The maximum absolute atomic E-state index is 6.21. The molecule has 2 aromatic heterocycles. The number of hydrogen-bond donors (Lipinski definition) is 0. The van der Waals surface area contributed by atoms with Gasteiger partial charge in [-0.05, 0) is 74.8 Å². The second-order valence-corrected chi connectivity index (χ2v) is 14.5. The first-order valence-corrected chi connectivity index (χ1v) is 19.1. The molecular formula is C53H34N2O. The van der Waals surface area contributed by atoms with Crippen molar-refractivity contribution >= 4 is 21.9 Å². The Labute approximate surface area is 325 Å². The van der Waals surface area contributed by atoms with Crippen molar-refractivity contribution in [3.05, 3.63) is 229 Å². The molecule has 0 atom stereocenters. The third-order valence-corrected chi connectivity index (χ3v) is 11.4. The molecule has 0 amide bonds. The van der Waals surface area contributed by atoms with Crippen LogP contribution in [0.25, 0.3) is 78.1 Å². The van der Waals surface area contributed by atoms with E-state index in [2.05, 4.69) is 176 Å². The lowest BCUT2D eigenvalue weighted by molar-refractivity contribution is 0.669. The number of para-hydroxylation sites is 1. The predicted molar refractivity (Wildman–Crippen MR) is 228 cm³/mol. The summed E-state index contributed by atoms with van der Waals surface area (Å²) in [5.74, 6) is 0.692. The molecule has 0 aliphatic heterocycles. The third kappa shape index (κ3) is 5.05. The van der Waals surface area contributed by atoms with Gasteiger partial charge in [0.05, 0.1) is 16.8 Å². The lowest BCUT2D eigenvalue weighted by Crippen LogP contribution is -2.28. The summed E-state index contributed by atoms with van der Waals surface area (Å²) in [6.45, 7) is 0. The molecule has 8 aromatic carbocycles. The minimum absolute atomic E-state index is 0.496. The predicted octanol–water partition coefficient (Wildman–Crippen LogP) is 13.4. The summed E-state index contributed by atoms with van der Waals surface area (Å²) >= 11 is 0. The normalized spacial score (nSPS) is 12.8. The van der Waals surface area contributed by atoms with Gasteiger partial charge < -0.3 is 4.42 Å². The van der Waals surface area contributed by atoms with Crippen LogP contribution in [-0.4, -0.2) is 9.97 Å². The van der Waals surface area contributed by atoms with E-state index in [9.17, 15) is 0 Å². The van der Waals surface area contributed by atoms with Gasteiger partial charge in [-0.3, -0.25) is 0 Å². The fourth-order valence-electron chi connectivity index (χ4n) is 8.82. The number of aromatic nitrogens is 2. The lowest BCUT2D eigenvalue weighted by atomic mass is 9.67. The van der Waals surface area contributed by atoms with Crippen LogP contribution in [0.5, 0.6) is 0 Å². The number of furan rings is 1. The second kappa shape index (κ2) is 12.9. The number of fused-ring (bicyclic) bond motifs is 6. The topological polar surface area (TPSA) is 38.9 Å². The highest BCUT2D eigenvalue weighted by molar-refractivity contribution is 6.05. The molecule has 0 radical (unpaired) electrons. The SMILES string of the molecule is c1ccc(-c2nc(-c3ccc(-c4ccc5c(c4)oc4ccccc45)cc3)cc(-c3cccc(C4(c5ccccc5)c5ccccc5-c5ccccc54)c3)n2)cc1. The van der Waals surface area contributed by atoms with E-state index in [0.29, 0.717) is 5.82 Å². The summed E-state index contributed by atoms with van der Waals surface area (Å²) in [6, 6.07) is 73.3. The maximum Gasteiger partial charge on any atom is 0.160 e. The van der Waals surface area contributed by atoms with E-state index in [1.807, 2.05) is 30.3 Å². The second-order valence-electron chi connectivity index (χ2n) is 14.5. The van der Waals surface area contributed by atoms with Crippen LogP contribution in [-0.2, 0) is 5.41 Å². The van der Waals surface area contributed by atoms with Crippen LogP contribution in [0.15, 0.2) is 211 Å². The Bertz CT molecular complexity index is 3030. The molecule has 1 aliphatic rings. The molecule has 11 rings (SSSR count). The van der Waals surface area contributed by atoms with E-state index in [1.165, 1.54) is 33.4 Å². The minimum atomic E-state index is -0.496. The van der Waals surface area contributed by atoms with Gasteiger partial charge >= 0.3 is 0 Å².